The van der Waals surface area contributed by atoms with Crippen LogP contribution in [-0.4, -0.2) is 16.8 Å². The second kappa shape index (κ2) is 7.79. The van der Waals surface area contributed by atoms with Gasteiger partial charge >= 0.3 is 0 Å². The monoisotopic (exact) mass is 355 g/mol. The Balaban J connectivity index is 1.41. The number of nitrogens with zero attached hydrogens (tertiary/aromatic N) is 1. The quantitative estimate of drug-likeness (QED) is 0.481. The van der Waals surface area contributed by atoms with Crippen LogP contribution in [0.4, 0.5) is 5.69 Å². The molecule has 0 unspecified atom stereocenters. The van der Waals surface area contributed by atoms with Crippen LogP contribution in [-0.2, 0) is 6.42 Å². The Bertz CT molecular complexity index is 1010. The molecule has 3 N–H and O–H groups in total. The van der Waals surface area contributed by atoms with Gasteiger partial charge in [-0.25, -0.2) is 0 Å². The summed E-state index contributed by atoms with van der Waals surface area (Å²) in [5, 5.41) is 7.48. The van der Waals surface area contributed by atoms with Crippen molar-refractivity contribution in [1.29, 1.82) is 0 Å². The summed E-state index contributed by atoms with van der Waals surface area (Å²) in [4.78, 5) is 0. The van der Waals surface area contributed by atoms with Gasteiger partial charge in [-0.3, -0.25) is 5.10 Å². The first kappa shape index (κ1) is 16.9. The van der Waals surface area contributed by atoms with Crippen LogP contribution >= 0.6 is 0 Å². The van der Waals surface area contributed by atoms with E-state index in [9.17, 15) is 0 Å². The van der Waals surface area contributed by atoms with Crippen LogP contribution in [0.5, 0.6) is 5.75 Å². The van der Waals surface area contributed by atoms with E-state index in [1.165, 1.54) is 5.56 Å². The molecule has 0 bridgehead atoms. The molecular formula is C23H21N3O. The van der Waals surface area contributed by atoms with Crippen LogP contribution in [0.15, 0.2) is 84.9 Å². The highest BCUT2D eigenvalue weighted by molar-refractivity contribution is 5.76. The topological polar surface area (TPSA) is 63.9 Å². The van der Waals surface area contributed by atoms with E-state index < -0.39 is 0 Å². The number of para-hydroxylation sites is 1. The van der Waals surface area contributed by atoms with Gasteiger partial charge in [0.1, 0.15) is 5.75 Å². The standard InChI is InChI=1S/C23H21N3O/c24-21-9-5-4-8-20(21)23-16-22(25-26-23)18-10-12-19(13-11-18)27-15-14-17-6-2-1-3-7-17/h1-13,16H,14-15,24H2,(H,25,26). The number of nitrogens with two attached hydrogens (primary N) is 1. The van der Waals surface area contributed by atoms with Crippen molar-refractivity contribution in [2.45, 2.75) is 6.42 Å². The molecule has 4 nitrogen and oxygen atoms in total. The van der Waals surface area contributed by atoms with Gasteiger partial charge in [-0.05, 0) is 42.0 Å². The van der Waals surface area contributed by atoms with Crippen molar-refractivity contribution >= 4 is 5.69 Å². The Hall–Kier alpha value is -3.53. The van der Waals surface area contributed by atoms with Gasteiger partial charge in [-0.15, -0.1) is 0 Å². The lowest BCUT2D eigenvalue weighted by Gasteiger charge is -2.07. The lowest BCUT2D eigenvalue weighted by atomic mass is 10.1. The molecule has 1 aromatic heterocycles. The summed E-state index contributed by atoms with van der Waals surface area (Å²) in [6.07, 6.45) is 0.893. The molecule has 0 spiro atoms. The number of rotatable bonds is 6. The predicted molar refractivity (Wildman–Crippen MR) is 110 cm³/mol. The van der Waals surface area contributed by atoms with Gasteiger partial charge in [0, 0.05) is 23.2 Å². The third-order valence-corrected chi connectivity index (χ3v) is 4.48. The molecule has 0 saturated heterocycles. The van der Waals surface area contributed by atoms with E-state index in [4.69, 9.17) is 10.5 Å². The molecule has 1 heterocycles. The predicted octanol–water partition coefficient (Wildman–Crippen LogP) is 4.95. The largest absolute Gasteiger partial charge is 0.493 e. The molecule has 27 heavy (non-hydrogen) atoms. The fourth-order valence-corrected chi connectivity index (χ4v) is 3.00. The number of anilines is 1. The number of benzene rings is 3. The summed E-state index contributed by atoms with van der Waals surface area (Å²) >= 11 is 0. The molecule has 0 saturated carbocycles. The zero-order chi connectivity index (χ0) is 18.5. The smallest absolute Gasteiger partial charge is 0.119 e. The van der Waals surface area contributed by atoms with Gasteiger partial charge in [-0.2, -0.15) is 5.10 Å². The molecule has 0 amide bonds. The SMILES string of the molecule is Nc1ccccc1-c1cc(-c2ccc(OCCc3ccccc3)cc2)n[nH]1. The molecule has 0 fully saturated rings. The minimum atomic E-state index is 0.656. The summed E-state index contributed by atoms with van der Waals surface area (Å²) < 4.78 is 5.85. The van der Waals surface area contributed by atoms with Gasteiger partial charge in [0.15, 0.2) is 0 Å². The highest BCUT2D eigenvalue weighted by Crippen LogP contribution is 2.28. The van der Waals surface area contributed by atoms with Gasteiger partial charge in [0.05, 0.1) is 18.0 Å². The third-order valence-electron chi connectivity index (χ3n) is 4.48. The second-order valence-corrected chi connectivity index (χ2v) is 6.36. The third kappa shape index (κ3) is 4.01. The van der Waals surface area contributed by atoms with Crippen molar-refractivity contribution < 1.29 is 4.74 Å². The maximum atomic E-state index is 6.04. The Morgan fingerprint density at radius 2 is 1.59 bits per heavy atom. The first-order valence-electron chi connectivity index (χ1n) is 8.97. The molecule has 0 aliphatic heterocycles. The van der Waals surface area contributed by atoms with Crippen LogP contribution in [0.2, 0.25) is 0 Å². The zero-order valence-electron chi connectivity index (χ0n) is 14.9. The van der Waals surface area contributed by atoms with E-state index in [0.717, 1.165) is 40.4 Å². The molecule has 134 valence electrons. The lowest BCUT2D eigenvalue weighted by Crippen LogP contribution is -2.00. The molecule has 0 radical (unpaired) electrons. The van der Waals surface area contributed by atoms with Crippen molar-refractivity contribution in [2.24, 2.45) is 0 Å². The van der Waals surface area contributed by atoms with Crippen molar-refractivity contribution in [1.82, 2.24) is 10.2 Å². The summed E-state index contributed by atoms with van der Waals surface area (Å²) in [7, 11) is 0. The summed E-state index contributed by atoms with van der Waals surface area (Å²) in [6.45, 7) is 0.656. The number of ether oxygens (including phenoxy) is 1. The van der Waals surface area contributed by atoms with Gasteiger partial charge < -0.3 is 10.5 Å². The van der Waals surface area contributed by atoms with E-state index in [1.807, 2.05) is 72.8 Å². The minimum absolute atomic E-state index is 0.656. The average Bonchev–Trinajstić information content (AvgIpc) is 3.20. The lowest BCUT2D eigenvalue weighted by molar-refractivity contribution is 0.322. The van der Waals surface area contributed by atoms with E-state index in [1.54, 1.807) is 0 Å². The number of hydrogen-bond acceptors (Lipinski definition) is 3. The maximum Gasteiger partial charge on any atom is 0.119 e. The first-order valence-corrected chi connectivity index (χ1v) is 8.97. The summed E-state index contributed by atoms with van der Waals surface area (Å²) in [5.74, 6) is 0.859. The van der Waals surface area contributed by atoms with Gasteiger partial charge in [-0.1, -0.05) is 48.5 Å². The molecule has 0 aliphatic carbocycles. The average molecular weight is 355 g/mol. The van der Waals surface area contributed by atoms with E-state index in [-0.39, 0.29) is 0 Å². The molecule has 0 aliphatic rings. The molecular weight excluding hydrogens is 334 g/mol. The van der Waals surface area contributed by atoms with Crippen LogP contribution in [0.25, 0.3) is 22.5 Å². The highest BCUT2D eigenvalue weighted by Gasteiger charge is 2.08. The van der Waals surface area contributed by atoms with Crippen LogP contribution < -0.4 is 10.5 Å². The first-order chi connectivity index (χ1) is 13.3. The molecule has 3 aromatic carbocycles. The summed E-state index contributed by atoms with van der Waals surface area (Å²) in [6, 6.07) is 28.1. The van der Waals surface area contributed by atoms with E-state index in [2.05, 4.69) is 22.3 Å². The molecule has 4 heteroatoms. The van der Waals surface area contributed by atoms with Crippen molar-refractivity contribution in [2.75, 3.05) is 12.3 Å². The normalized spacial score (nSPS) is 10.7. The number of nitrogens with one attached hydrogen (secondary N) is 1. The second-order valence-electron chi connectivity index (χ2n) is 6.36. The van der Waals surface area contributed by atoms with E-state index >= 15 is 0 Å². The Kier molecular flexibility index (Phi) is 4.88. The van der Waals surface area contributed by atoms with Crippen LogP contribution in [0.1, 0.15) is 5.56 Å². The Morgan fingerprint density at radius 3 is 2.37 bits per heavy atom. The maximum absolute atomic E-state index is 6.04. The Labute approximate surface area is 158 Å². The molecule has 0 atom stereocenters. The number of aromatic nitrogens is 2. The molecule has 4 aromatic rings. The number of aromatic amines is 1. The number of H-pyrrole nitrogens is 1. The summed E-state index contributed by atoms with van der Waals surface area (Å²) in [5.41, 5.74) is 11.8. The Morgan fingerprint density at radius 1 is 0.852 bits per heavy atom. The zero-order valence-corrected chi connectivity index (χ0v) is 14.9. The van der Waals surface area contributed by atoms with Crippen LogP contribution in [0.3, 0.4) is 0 Å². The fourth-order valence-electron chi connectivity index (χ4n) is 3.00. The van der Waals surface area contributed by atoms with Crippen molar-refractivity contribution in [3.05, 3.63) is 90.5 Å². The highest BCUT2D eigenvalue weighted by atomic mass is 16.5. The van der Waals surface area contributed by atoms with Crippen LogP contribution in [0, 0.1) is 0 Å². The number of hydrogen-bond donors (Lipinski definition) is 2. The fraction of sp³-hybridized carbons (Fsp3) is 0.0870. The van der Waals surface area contributed by atoms with E-state index in [0.29, 0.717) is 6.61 Å². The van der Waals surface area contributed by atoms with Gasteiger partial charge in [0.2, 0.25) is 0 Å². The number of nitrogen functional groups attached to an aromatic ring is 1. The van der Waals surface area contributed by atoms with Crippen molar-refractivity contribution in [3.63, 3.8) is 0 Å². The van der Waals surface area contributed by atoms with Gasteiger partial charge in [0.25, 0.3) is 0 Å². The minimum Gasteiger partial charge on any atom is -0.493 e. The van der Waals surface area contributed by atoms with Crippen molar-refractivity contribution in [3.8, 4) is 28.3 Å². The molecule has 4 rings (SSSR count).